The Morgan fingerprint density at radius 3 is 1.51 bits per heavy atom. The number of hydrogen-bond acceptors (Lipinski definition) is 6. The third kappa shape index (κ3) is 4.23. The number of benzene rings is 6. The minimum Gasteiger partial charge on any atom is -0.456 e. The van der Waals surface area contributed by atoms with Crippen LogP contribution < -0.4 is 0 Å². The average Bonchev–Trinajstić information content (AvgIpc) is 3.84. The molecule has 0 bridgehead atoms. The Morgan fingerprint density at radius 1 is 0.340 bits per heavy atom. The molecule has 0 saturated carbocycles. The van der Waals surface area contributed by atoms with Crippen molar-refractivity contribution in [3.63, 3.8) is 0 Å². The summed E-state index contributed by atoms with van der Waals surface area (Å²) < 4.78 is 18.7. The third-order valence-corrected chi connectivity index (χ3v) is 8.74. The highest BCUT2D eigenvalue weighted by Crippen LogP contribution is 2.36. The van der Waals surface area contributed by atoms with Crippen molar-refractivity contribution in [3.8, 4) is 45.4 Å². The molecule has 6 heteroatoms. The molecule has 220 valence electrons. The lowest BCUT2D eigenvalue weighted by Crippen LogP contribution is -1.96. The van der Waals surface area contributed by atoms with Gasteiger partial charge >= 0.3 is 0 Å². The van der Waals surface area contributed by atoms with Crippen LogP contribution in [0.3, 0.4) is 0 Å². The normalized spacial score (nSPS) is 11.8. The SMILES string of the molecule is c1ccc(-c2nc3ccc(-c4nc(-c5ccc6c(c5)oc5ccccc56)cc(-c5ccc6c(c5)oc5ccccc56)n4)cc3o2)cc1. The average molecular weight is 606 g/mol. The molecule has 0 unspecified atom stereocenters. The maximum absolute atomic E-state index is 6.23. The van der Waals surface area contributed by atoms with E-state index in [1.807, 2.05) is 91.0 Å². The zero-order valence-electron chi connectivity index (χ0n) is 24.8. The zero-order chi connectivity index (χ0) is 30.9. The molecule has 0 amide bonds. The molecule has 10 rings (SSSR count). The van der Waals surface area contributed by atoms with Gasteiger partial charge in [-0.3, -0.25) is 0 Å². The molecule has 0 fully saturated rings. The Morgan fingerprint density at radius 2 is 0.872 bits per heavy atom. The molecule has 10 aromatic rings. The molecule has 6 nitrogen and oxygen atoms in total. The first-order chi connectivity index (χ1) is 23.2. The molecule has 47 heavy (non-hydrogen) atoms. The molecule has 0 spiro atoms. The molecule has 0 atom stereocenters. The smallest absolute Gasteiger partial charge is 0.227 e. The molecule has 4 heterocycles. The van der Waals surface area contributed by atoms with Gasteiger partial charge in [0.25, 0.3) is 0 Å². The highest BCUT2D eigenvalue weighted by atomic mass is 16.3. The summed E-state index contributed by atoms with van der Waals surface area (Å²) in [7, 11) is 0. The summed E-state index contributed by atoms with van der Waals surface area (Å²) in [5, 5.41) is 4.32. The largest absolute Gasteiger partial charge is 0.456 e. The zero-order valence-corrected chi connectivity index (χ0v) is 24.8. The van der Waals surface area contributed by atoms with Crippen LogP contribution in [0.25, 0.3) is 100 Å². The molecule has 0 aliphatic heterocycles. The predicted molar refractivity (Wildman–Crippen MR) is 186 cm³/mol. The number of nitrogens with zero attached hydrogens (tertiary/aromatic N) is 3. The molecule has 0 saturated heterocycles. The molecule has 6 aromatic carbocycles. The molecule has 0 radical (unpaired) electrons. The van der Waals surface area contributed by atoms with Crippen molar-refractivity contribution in [2.24, 2.45) is 0 Å². The number of oxazole rings is 1. The molecule has 4 aromatic heterocycles. The summed E-state index contributed by atoms with van der Waals surface area (Å²) in [6.45, 7) is 0. The van der Waals surface area contributed by atoms with Crippen LogP contribution in [0.15, 0.2) is 153 Å². The first kappa shape index (κ1) is 25.8. The van der Waals surface area contributed by atoms with E-state index in [0.717, 1.165) is 83.0 Å². The second kappa shape index (κ2) is 9.99. The number of fused-ring (bicyclic) bond motifs is 7. The van der Waals surface area contributed by atoms with Gasteiger partial charge in [0.05, 0.1) is 11.4 Å². The fourth-order valence-corrected chi connectivity index (χ4v) is 6.41. The molecular weight excluding hydrogens is 582 g/mol. The van der Waals surface area contributed by atoms with Gasteiger partial charge in [-0.25, -0.2) is 15.0 Å². The van der Waals surface area contributed by atoms with Gasteiger partial charge in [0, 0.05) is 43.8 Å². The maximum atomic E-state index is 6.23. The van der Waals surface area contributed by atoms with E-state index in [2.05, 4.69) is 48.5 Å². The van der Waals surface area contributed by atoms with Crippen LogP contribution in [0, 0.1) is 0 Å². The van der Waals surface area contributed by atoms with Crippen molar-refractivity contribution in [1.29, 1.82) is 0 Å². The van der Waals surface area contributed by atoms with Crippen LogP contribution in [-0.2, 0) is 0 Å². The Bertz CT molecular complexity index is 2680. The van der Waals surface area contributed by atoms with Crippen LogP contribution in [0.5, 0.6) is 0 Å². The van der Waals surface area contributed by atoms with Crippen LogP contribution in [-0.4, -0.2) is 15.0 Å². The Kier molecular flexibility index (Phi) is 5.48. The second-order valence-electron chi connectivity index (χ2n) is 11.6. The summed E-state index contributed by atoms with van der Waals surface area (Å²) in [5.41, 5.74) is 9.95. The summed E-state index contributed by atoms with van der Waals surface area (Å²) >= 11 is 0. The Labute approximate surface area is 267 Å². The van der Waals surface area contributed by atoms with Gasteiger partial charge in [-0.15, -0.1) is 0 Å². The van der Waals surface area contributed by atoms with E-state index in [4.69, 9.17) is 28.2 Å². The van der Waals surface area contributed by atoms with Crippen molar-refractivity contribution < 1.29 is 13.3 Å². The Hall–Kier alpha value is -6.53. The molecule has 0 N–H and O–H groups in total. The van der Waals surface area contributed by atoms with E-state index < -0.39 is 0 Å². The van der Waals surface area contributed by atoms with Gasteiger partial charge in [-0.1, -0.05) is 66.7 Å². The quantitative estimate of drug-likeness (QED) is 0.199. The summed E-state index contributed by atoms with van der Waals surface area (Å²) in [4.78, 5) is 14.9. The minimum atomic E-state index is 0.575. The topological polar surface area (TPSA) is 78.1 Å². The third-order valence-electron chi connectivity index (χ3n) is 8.74. The molecule has 0 aliphatic carbocycles. The maximum Gasteiger partial charge on any atom is 0.227 e. The monoisotopic (exact) mass is 605 g/mol. The fourth-order valence-electron chi connectivity index (χ4n) is 6.41. The number of para-hydroxylation sites is 2. The van der Waals surface area contributed by atoms with Crippen LogP contribution in [0.4, 0.5) is 0 Å². The van der Waals surface area contributed by atoms with Gasteiger partial charge < -0.3 is 13.3 Å². The van der Waals surface area contributed by atoms with Crippen molar-refractivity contribution in [3.05, 3.63) is 140 Å². The number of rotatable bonds is 4. The Balaban J connectivity index is 1.15. The van der Waals surface area contributed by atoms with E-state index >= 15 is 0 Å². The lowest BCUT2D eigenvalue weighted by atomic mass is 10.0. The summed E-state index contributed by atoms with van der Waals surface area (Å²) in [5.74, 6) is 1.15. The van der Waals surface area contributed by atoms with E-state index in [-0.39, 0.29) is 0 Å². The van der Waals surface area contributed by atoms with E-state index in [9.17, 15) is 0 Å². The van der Waals surface area contributed by atoms with Gasteiger partial charge in [0.1, 0.15) is 27.8 Å². The van der Waals surface area contributed by atoms with Crippen molar-refractivity contribution in [1.82, 2.24) is 15.0 Å². The van der Waals surface area contributed by atoms with Crippen LogP contribution in [0.1, 0.15) is 0 Å². The van der Waals surface area contributed by atoms with E-state index in [1.54, 1.807) is 0 Å². The van der Waals surface area contributed by atoms with Crippen molar-refractivity contribution >= 4 is 55.0 Å². The number of hydrogen-bond donors (Lipinski definition) is 0. The summed E-state index contributed by atoms with van der Waals surface area (Å²) in [6.07, 6.45) is 0. The first-order valence-corrected chi connectivity index (χ1v) is 15.4. The number of furan rings is 2. The van der Waals surface area contributed by atoms with Crippen LogP contribution >= 0.6 is 0 Å². The first-order valence-electron chi connectivity index (χ1n) is 15.4. The predicted octanol–water partition coefficient (Wildman–Crippen LogP) is 11.1. The highest BCUT2D eigenvalue weighted by Gasteiger charge is 2.16. The van der Waals surface area contributed by atoms with Gasteiger partial charge in [0.2, 0.25) is 5.89 Å². The van der Waals surface area contributed by atoms with Crippen molar-refractivity contribution in [2.45, 2.75) is 0 Å². The lowest BCUT2D eigenvalue weighted by Gasteiger charge is -2.09. The van der Waals surface area contributed by atoms with Gasteiger partial charge in [0.15, 0.2) is 11.4 Å². The van der Waals surface area contributed by atoms with E-state index in [1.165, 1.54) is 0 Å². The summed E-state index contributed by atoms with van der Waals surface area (Å²) in [6, 6.07) is 46.5. The van der Waals surface area contributed by atoms with Crippen molar-refractivity contribution in [2.75, 3.05) is 0 Å². The molecular formula is C41H23N3O3. The minimum absolute atomic E-state index is 0.575. The number of aromatic nitrogens is 3. The highest BCUT2D eigenvalue weighted by molar-refractivity contribution is 6.07. The molecule has 0 aliphatic rings. The standard InChI is InChI=1S/C41H23N3O3/c1-2-8-24(9-3-1)41-44-32-19-16-27(22-39(32)47-41)40-42-33(25-14-17-30-28-10-4-6-12-35(28)45-37(30)20-25)23-34(43-40)26-15-18-31-29-11-5-7-13-36(29)46-38(31)21-26/h1-23H. The van der Waals surface area contributed by atoms with Gasteiger partial charge in [-0.05, 0) is 72.8 Å². The van der Waals surface area contributed by atoms with Gasteiger partial charge in [-0.2, -0.15) is 0 Å². The fraction of sp³-hybridized carbons (Fsp3) is 0. The van der Waals surface area contributed by atoms with E-state index in [0.29, 0.717) is 17.3 Å². The van der Waals surface area contributed by atoms with Crippen LogP contribution in [0.2, 0.25) is 0 Å². The second-order valence-corrected chi connectivity index (χ2v) is 11.6. The lowest BCUT2D eigenvalue weighted by molar-refractivity contribution is 0.620.